The van der Waals surface area contributed by atoms with E-state index in [2.05, 4.69) is 0 Å². The Bertz CT molecular complexity index is 659. The molecule has 0 rings (SSSR count). The number of halogens is 20. The summed E-state index contributed by atoms with van der Waals surface area (Å²) in [5, 5.41) is 15.5. The molecule has 0 spiro atoms. The number of hydrogen-bond acceptors (Lipinski definition) is 2. The largest absolute Gasteiger partial charge is 0.460 e. The highest BCUT2D eigenvalue weighted by atomic mass is 19.4. The summed E-state index contributed by atoms with van der Waals surface area (Å²) in [7, 11) is 0. The Balaban J connectivity index is 0. The molecule has 0 bridgehead atoms. The molecule has 0 unspecified atom stereocenters. The summed E-state index contributed by atoms with van der Waals surface area (Å²) >= 11 is 0. The van der Waals surface area contributed by atoms with Crippen LogP contribution in [0.15, 0.2) is 0 Å². The quantitative estimate of drug-likeness (QED) is 0.360. The molecule has 22 heteroatoms. The van der Waals surface area contributed by atoms with Gasteiger partial charge in [0.15, 0.2) is 0 Å². The predicted octanol–water partition coefficient (Wildman–Crippen LogP) is 5.92. The molecule has 0 amide bonds. The molecule has 0 aromatic heterocycles. The lowest BCUT2D eigenvalue weighted by Gasteiger charge is -2.39. The first kappa shape index (κ1) is 34.7. The topological polar surface area (TPSA) is 40.5 Å². The van der Waals surface area contributed by atoms with Crippen molar-refractivity contribution in [2.75, 3.05) is 13.2 Å². The van der Waals surface area contributed by atoms with Gasteiger partial charge in [-0.2, -0.15) is 87.8 Å². The highest BCUT2D eigenvalue weighted by Gasteiger charge is 2.90. The van der Waals surface area contributed by atoms with Crippen LogP contribution >= 0.6 is 0 Å². The summed E-state index contributed by atoms with van der Waals surface area (Å²) in [5.74, 6) is -48.6. The van der Waals surface area contributed by atoms with Crippen molar-refractivity contribution in [2.24, 2.45) is 0 Å². The van der Waals surface area contributed by atoms with Crippen LogP contribution in [-0.4, -0.2) is 77.2 Å². The van der Waals surface area contributed by atoms with E-state index in [-0.39, 0.29) is 0 Å². The minimum Gasteiger partial charge on any atom is -0.396 e. The minimum absolute atomic E-state index is 1.96. The number of rotatable bonds is 8. The van der Waals surface area contributed by atoms with E-state index in [9.17, 15) is 87.8 Å². The fraction of sp³-hybridized carbons (Fsp3) is 1.00. The van der Waals surface area contributed by atoms with E-state index in [1.165, 1.54) is 0 Å². The van der Waals surface area contributed by atoms with Crippen molar-refractivity contribution in [1.82, 2.24) is 0 Å². The Hall–Kier alpha value is -1.48. The van der Waals surface area contributed by atoms with E-state index in [1.807, 2.05) is 0 Å². The van der Waals surface area contributed by atoms with Gasteiger partial charge in [-0.3, -0.25) is 0 Å². The zero-order valence-corrected chi connectivity index (χ0v) is 15.1. The zero-order chi connectivity index (χ0) is 28.6. The first-order valence-corrected chi connectivity index (χ1v) is 7.37. The van der Waals surface area contributed by atoms with E-state index in [4.69, 9.17) is 10.2 Å². The predicted molar refractivity (Wildman–Crippen MR) is 65.5 cm³/mol. The van der Waals surface area contributed by atoms with Gasteiger partial charge < -0.3 is 10.2 Å². The number of alkyl halides is 20. The summed E-state index contributed by atoms with van der Waals surface area (Å²) in [6, 6.07) is 0. The van der Waals surface area contributed by atoms with Crippen molar-refractivity contribution in [3.63, 3.8) is 0 Å². The molecule has 0 radical (unpaired) electrons. The van der Waals surface area contributed by atoms with Crippen LogP contribution in [0.5, 0.6) is 0 Å². The van der Waals surface area contributed by atoms with Gasteiger partial charge in [0, 0.05) is 13.0 Å². The van der Waals surface area contributed by atoms with Gasteiger partial charge in [-0.25, -0.2) is 0 Å². The lowest BCUT2D eigenvalue weighted by molar-refractivity contribution is -0.440. The van der Waals surface area contributed by atoms with Gasteiger partial charge >= 0.3 is 53.8 Å². The number of hydrogen-bond donors (Lipinski definition) is 2. The van der Waals surface area contributed by atoms with Gasteiger partial charge in [0.1, 0.15) is 6.61 Å². The van der Waals surface area contributed by atoms with Gasteiger partial charge in [-0.1, -0.05) is 0 Å². The van der Waals surface area contributed by atoms with Crippen LogP contribution in [0.3, 0.4) is 0 Å². The summed E-state index contributed by atoms with van der Waals surface area (Å²) < 4.78 is 242. The van der Waals surface area contributed by atoms with Crippen molar-refractivity contribution in [1.29, 1.82) is 0 Å². The van der Waals surface area contributed by atoms with E-state index in [0.717, 1.165) is 0 Å². The molecule has 0 aliphatic rings. The SMILES string of the molecule is OCC(F)(F)C(F)(F)C(F)(F)F.OCCC(F)(F)C(F)(F)C(F)(F)C(F)(F)C(F)(F)C(F)(F)F. The molecule has 208 valence electrons. The third-order valence-electron chi connectivity index (χ3n) is 3.44. The third kappa shape index (κ3) is 5.66. The molecule has 34 heavy (non-hydrogen) atoms. The first-order valence-electron chi connectivity index (χ1n) is 7.37. The maximum absolute atomic E-state index is 12.8. The highest BCUT2D eigenvalue weighted by Crippen LogP contribution is 2.60. The van der Waals surface area contributed by atoms with Crippen molar-refractivity contribution < 1.29 is 98.0 Å². The second-order valence-corrected chi connectivity index (χ2v) is 5.91. The molecule has 0 saturated carbocycles. The molecule has 0 saturated heterocycles. The Morgan fingerprint density at radius 1 is 0.353 bits per heavy atom. The van der Waals surface area contributed by atoms with Crippen LogP contribution in [0.4, 0.5) is 87.8 Å². The molecular weight excluding hydrogens is 556 g/mol. The summed E-state index contributed by atoms with van der Waals surface area (Å²) in [6.45, 7) is -4.51. The molecule has 0 aromatic carbocycles. The van der Waals surface area contributed by atoms with Crippen molar-refractivity contribution in [3.8, 4) is 0 Å². The van der Waals surface area contributed by atoms with Gasteiger partial charge in [0.05, 0.1) is 0 Å². The molecule has 0 heterocycles. The molecule has 2 nitrogen and oxygen atoms in total. The lowest BCUT2D eigenvalue weighted by Crippen LogP contribution is -2.70. The average molecular weight is 564 g/mol. The average Bonchev–Trinajstić information content (AvgIpc) is 2.59. The Kier molecular flexibility index (Phi) is 9.72. The molecule has 0 aliphatic heterocycles. The summed E-state index contributed by atoms with van der Waals surface area (Å²) in [6.07, 6.45) is -16.4. The molecule has 0 aromatic rings. The van der Waals surface area contributed by atoms with Crippen LogP contribution < -0.4 is 0 Å². The maximum Gasteiger partial charge on any atom is 0.460 e. The van der Waals surface area contributed by atoms with Crippen molar-refractivity contribution in [3.05, 3.63) is 0 Å². The second kappa shape index (κ2) is 9.52. The van der Waals surface area contributed by atoms with Crippen LogP contribution in [0.1, 0.15) is 6.42 Å². The minimum atomic E-state index is -7.89. The summed E-state index contributed by atoms with van der Waals surface area (Å²) in [4.78, 5) is 0. The van der Waals surface area contributed by atoms with E-state index < -0.39 is 73.4 Å². The third-order valence-corrected chi connectivity index (χ3v) is 3.44. The van der Waals surface area contributed by atoms with Gasteiger partial charge in [0.2, 0.25) is 0 Å². The van der Waals surface area contributed by atoms with Crippen molar-refractivity contribution in [2.45, 2.75) is 60.2 Å². The second-order valence-electron chi connectivity index (χ2n) is 5.91. The smallest absolute Gasteiger partial charge is 0.396 e. The van der Waals surface area contributed by atoms with Crippen LogP contribution in [0, 0.1) is 0 Å². The zero-order valence-electron chi connectivity index (χ0n) is 15.1. The highest BCUT2D eigenvalue weighted by molar-refractivity contribution is 5.10. The Morgan fingerprint density at radius 3 is 0.853 bits per heavy atom. The number of aliphatic hydroxyl groups is 2. The number of aliphatic hydroxyl groups excluding tert-OH is 2. The molecule has 0 fully saturated rings. The molecule has 0 aliphatic carbocycles. The van der Waals surface area contributed by atoms with Gasteiger partial charge in [0.25, 0.3) is 0 Å². The van der Waals surface area contributed by atoms with Crippen molar-refractivity contribution >= 4 is 0 Å². The maximum atomic E-state index is 12.8. The van der Waals surface area contributed by atoms with Crippen LogP contribution in [-0.2, 0) is 0 Å². The van der Waals surface area contributed by atoms with Crippen LogP contribution in [0.2, 0.25) is 0 Å². The standard InChI is InChI=1S/C8H5F13O.C4H3F7O/c9-3(10,1-2-22)4(11,12)5(13,14)6(15,16)7(17,18)8(19,20)21;5-2(6,1-12)3(7,8)4(9,10)11/h22H,1-2H2;12H,1H2. The van der Waals surface area contributed by atoms with E-state index in [1.54, 1.807) is 0 Å². The van der Waals surface area contributed by atoms with Crippen LogP contribution in [0.25, 0.3) is 0 Å². The first-order chi connectivity index (χ1) is 14.4. The molecule has 2 N–H and O–H groups in total. The normalized spacial score (nSPS) is 15.7. The lowest BCUT2D eigenvalue weighted by atomic mass is 9.93. The van der Waals surface area contributed by atoms with E-state index >= 15 is 0 Å². The fourth-order valence-electron chi connectivity index (χ4n) is 1.41. The Labute approximate surface area is 173 Å². The van der Waals surface area contributed by atoms with Gasteiger partial charge in [-0.15, -0.1) is 0 Å². The Morgan fingerprint density at radius 2 is 0.647 bits per heavy atom. The van der Waals surface area contributed by atoms with E-state index in [0.29, 0.717) is 0 Å². The van der Waals surface area contributed by atoms with Gasteiger partial charge in [-0.05, 0) is 0 Å². The fourth-order valence-corrected chi connectivity index (χ4v) is 1.41. The molecule has 0 atom stereocenters. The molecular formula is C12H8F20O2. The monoisotopic (exact) mass is 564 g/mol. The summed E-state index contributed by atoms with van der Waals surface area (Å²) in [5.41, 5.74) is 0.